The Balaban J connectivity index is 2.12. The number of aromatic nitrogens is 2. The molecular formula is C13H13ClN2O2S. The number of thioether (sulfide) groups is 1. The number of benzene rings is 1. The zero-order chi connectivity index (χ0) is 14.0. The van der Waals surface area contributed by atoms with Gasteiger partial charge in [0.25, 0.3) is 0 Å². The molecule has 1 aromatic carbocycles. The van der Waals surface area contributed by atoms with Crippen molar-refractivity contribution in [2.75, 3.05) is 0 Å². The van der Waals surface area contributed by atoms with Crippen LogP contribution in [0.1, 0.15) is 21.6 Å². The van der Waals surface area contributed by atoms with Crippen molar-refractivity contribution >= 4 is 29.3 Å². The first-order valence-electron chi connectivity index (χ1n) is 5.62. The summed E-state index contributed by atoms with van der Waals surface area (Å²) in [5.74, 6) is -0.291. The van der Waals surface area contributed by atoms with Crippen molar-refractivity contribution in [3.8, 4) is 0 Å². The van der Waals surface area contributed by atoms with Crippen molar-refractivity contribution in [2.24, 2.45) is 7.05 Å². The maximum absolute atomic E-state index is 10.8. The van der Waals surface area contributed by atoms with Crippen molar-refractivity contribution in [1.29, 1.82) is 0 Å². The molecule has 19 heavy (non-hydrogen) atoms. The zero-order valence-electron chi connectivity index (χ0n) is 10.6. The number of halogens is 1. The fraction of sp³-hybridized carbons (Fsp3) is 0.231. The van der Waals surface area contributed by atoms with Gasteiger partial charge in [0.2, 0.25) is 0 Å². The summed E-state index contributed by atoms with van der Waals surface area (Å²) in [6.45, 7) is 1.94. The second-order valence-electron chi connectivity index (χ2n) is 4.15. The third kappa shape index (κ3) is 3.30. The van der Waals surface area contributed by atoms with E-state index < -0.39 is 5.97 Å². The van der Waals surface area contributed by atoms with Crippen LogP contribution in [0.2, 0.25) is 5.02 Å². The van der Waals surface area contributed by atoms with Gasteiger partial charge in [0.05, 0.1) is 16.3 Å². The number of rotatable bonds is 4. The molecule has 100 valence electrons. The van der Waals surface area contributed by atoms with E-state index in [-0.39, 0.29) is 5.56 Å². The minimum atomic E-state index is -0.969. The van der Waals surface area contributed by atoms with E-state index in [9.17, 15) is 4.79 Å². The molecular weight excluding hydrogens is 284 g/mol. The second-order valence-corrected chi connectivity index (χ2v) is 5.55. The molecule has 0 aliphatic rings. The number of hydrogen-bond acceptors (Lipinski definition) is 3. The van der Waals surface area contributed by atoms with E-state index in [0.717, 1.165) is 16.3 Å². The first-order valence-corrected chi connectivity index (χ1v) is 6.99. The number of carboxylic acid groups (broad SMARTS) is 1. The van der Waals surface area contributed by atoms with Crippen LogP contribution in [0, 0.1) is 6.92 Å². The molecule has 6 heteroatoms. The molecule has 1 heterocycles. The molecule has 0 unspecified atom stereocenters. The smallest absolute Gasteiger partial charge is 0.335 e. The Bertz CT molecular complexity index is 625. The number of hydrogen-bond donors (Lipinski definition) is 1. The van der Waals surface area contributed by atoms with Crippen molar-refractivity contribution in [1.82, 2.24) is 9.78 Å². The van der Waals surface area contributed by atoms with Crippen molar-refractivity contribution < 1.29 is 9.90 Å². The third-order valence-electron chi connectivity index (χ3n) is 2.63. The molecule has 0 aliphatic heterocycles. The fourth-order valence-corrected chi connectivity index (χ4v) is 3.03. The SMILES string of the molecule is Cc1cc(SCc2ccc(C(=O)O)cc2Cl)n(C)n1. The number of aryl methyl sites for hydroxylation is 2. The van der Waals surface area contributed by atoms with Crippen LogP contribution in [0.3, 0.4) is 0 Å². The highest BCUT2D eigenvalue weighted by Gasteiger charge is 2.09. The Morgan fingerprint density at radius 1 is 1.47 bits per heavy atom. The number of aromatic carboxylic acids is 1. The fourth-order valence-electron chi connectivity index (χ4n) is 1.67. The van der Waals surface area contributed by atoms with Gasteiger partial charge in [-0.1, -0.05) is 17.7 Å². The molecule has 0 aliphatic carbocycles. The lowest BCUT2D eigenvalue weighted by atomic mass is 10.1. The van der Waals surface area contributed by atoms with Crippen LogP contribution in [-0.2, 0) is 12.8 Å². The summed E-state index contributed by atoms with van der Waals surface area (Å²) in [6, 6.07) is 6.80. The maximum atomic E-state index is 10.8. The summed E-state index contributed by atoms with van der Waals surface area (Å²) in [5.41, 5.74) is 2.09. The Morgan fingerprint density at radius 3 is 2.74 bits per heavy atom. The topological polar surface area (TPSA) is 55.1 Å². The van der Waals surface area contributed by atoms with Crippen LogP contribution < -0.4 is 0 Å². The summed E-state index contributed by atoms with van der Waals surface area (Å²) < 4.78 is 1.82. The molecule has 0 saturated carbocycles. The van der Waals surface area contributed by atoms with Gasteiger partial charge in [-0.2, -0.15) is 5.10 Å². The Kier molecular flexibility index (Phi) is 4.17. The summed E-state index contributed by atoms with van der Waals surface area (Å²) in [7, 11) is 1.89. The van der Waals surface area contributed by atoms with Gasteiger partial charge in [-0.15, -0.1) is 11.8 Å². The Hall–Kier alpha value is -1.46. The Labute approximate surface area is 120 Å². The van der Waals surface area contributed by atoms with Gasteiger partial charge in [0.15, 0.2) is 0 Å². The lowest BCUT2D eigenvalue weighted by molar-refractivity contribution is 0.0697. The maximum Gasteiger partial charge on any atom is 0.335 e. The highest BCUT2D eigenvalue weighted by Crippen LogP contribution is 2.27. The van der Waals surface area contributed by atoms with E-state index in [1.54, 1.807) is 23.9 Å². The molecule has 1 N–H and O–H groups in total. The van der Waals surface area contributed by atoms with Crippen molar-refractivity contribution in [3.05, 3.63) is 46.1 Å². The van der Waals surface area contributed by atoms with Gasteiger partial charge in [0, 0.05) is 17.8 Å². The van der Waals surface area contributed by atoms with Gasteiger partial charge >= 0.3 is 5.97 Å². The predicted octanol–water partition coefficient (Wildman–Crippen LogP) is 3.37. The Morgan fingerprint density at radius 2 is 2.21 bits per heavy atom. The molecule has 1 aromatic heterocycles. The molecule has 0 saturated heterocycles. The standard InChI is InChI=1S/C13H13ClN2O2S/c1-8-5-12(16(2)15-8)19-7-10-4-3-9(13(17)18)6-11(10)14/h3-6H,7H2,1-2H3,(H,17,18). The van der Waals surface area contributed by atoms with Crippen molar-refractivity contribution in [3.63, 3.8) is 0 Å². The lowest BCUT2D eigenvalue weighted by Gasteiger charge is -2.05. The molecule has 0 fully saturated rings. The van der Waals surface area contributed by atoms with Crippen LogP contribution in [0.5, 0.6) is 0 Å². The summed E-state index contributed by atoms with van der Waals surface area (Å²) in [5, 5.41) is 14.7. The van der Waals surface area contributed by atoms with E-state index in [1.807, 2.05) is 24.7 Å². The van der Waals surface area contributed by atoms with E-state index in [1.165, 1.54) is 6.07 Å². The van der Waals surface area contributed by atoms with E-state index in [2.05, 4.69) is 5.10 Å². The van der Waals surface area contributed by atoms with Gasteiger partial charge < -0.3 is 5.11 Å². The summed E-state index contributed by atoms with van der Waals surface area (Å²) >= 11 is 7.70. The number of nitrogens with zero attached hydrogens (tertiary/aromatic N) is 2. The van der Waals surface area contributed by atoms with Crippen LogP contribution in [0.25, 0.3) is 0 Å². The zero-order valence-corrected chi connectivity index (χ0v) is 12.1. The second kappa shape index (κ2) is 5.67. The average molecular weight is 297 g/mol. The minimum absolute atomic E-state index is 0.204. The molecule has 0 spiro atoms. The molecule has 2 aromatic rings. The average Bonchev–Trinajstić information content (AvgIpc) is 2.66. The minimum Gasteiger partial charge on any atom is -0.478 e. The van der Waals surface area contributed by atoms with Gasteiger partial charge in [0.1, 0.15) is 0 Å². The molecule has 0 amide bonds. The van der Waals surface area contributed by atoms with Gasteiger partial charge in [-0.05, 0) is 30.7 Å². The number of carboxylic acids is 1. The molecule has 0 atom stereocenters. The van der Waals surface area contributed by atoms with Crippen LogP contribution in [0.4, 0.5) is 0 Å². The number of carbonyl (C=O) groups is 1. The normalized spacial score (nSPS) is 10.7. The molecule has 0 radical (unpaired) electrons. The summed E-state index contributed by atoms with van der Waals surface area (Å²) in [4.78, 5) is 10.8. The first-order chi connectivity index (χ1) is 8.97. The highest BCUT2D eigenvalue weighted by atomic mass is 35.5. The monoisotopic (exact) mass is 296 g/mol. The van der Waals surface area contributed by atoms with Crippen LogP contribution in [0.15, 0.2) is 29.3 Å². The van der Waals surface area contributed by atoms with Crippen molar-refractivity contribution in [2.45, 2.75) is 17.7 Å². The van der Waals surface area contributed by atoms with Gasteiger partial charge in [-0.25, -0.2) is 4.79 Å². The highest BCUT2D eigenvalue weighted by molar-refractivity contribution is 7.98. The molecule has 4 nitrogen and oxygen atoms in total. The molecule has 2 rings (SSSR count). The van der Waals surface area contributed by atoms with E-state index >= 15 is 0 Å². The predicted molar refractivity (Wildman–Crippen MR) is 75.9 cm³/mol. The first kappa shape index (κ1) is 14.0. The summed E-state index contributed by atoms with van der Waals surface area (Å²) in [6.07, 6.45) is 0. The largest absolute Gasteiger partial charge is 0.478 e. The van der Waals surface area contributed by atoms with Crippen LogP contribution in [-0.4, -0.2) is 20.9 Å². The van der Waals surface area contributed by atoms with E-state index in [4.69, 9.17) is 16.7 Å². The van der Waals surface area contributed by atoms with Gasteiger partial charge in [-0.3, -0.25) is 4.68 Å². The quantitative estimate of drug-likeness (QED) is 0.879. The molecule has 0 bridgehead atoms. The third-order valence-corrected chi connectivity index (χ3v) is 4.12. The van der Waals surface area contributed by atoms with E-state index in [0.29, 0.717) is 10.8 Å². The lowest BCUT2D eigenvalue weighted by Crippen LogP contribution is -1.97. The van der Waals surface area contributed by atoms with Crippen LogP contribution >= 0.6 is 23.4 Å².